The van der Waals surface area contributed by atoms with E-state index in [0.29, 0.717) is 24.3 Å². The Bertz CT molecular complexity index is 1340. The Morgan fingerprint density at radius 2 is 2.06 bits per heavy atom. The number of piperidine rings is 1. The van der Waals surface area contributed by atoms with Crippen molar-refractivity contribution in [3.05, 3.63) is 59.8 Å². The monoisotopic (exact) mass is 458 g/mol. The minimum absolute atomic E-state index is 0.268. The summed E-state index contributed by atoms with van der Waals surface area (Å²) >= 11 is 0. The third-order valence-corrected chi connectivity index (χ3v) is 6.74. The van der Waals surface area contributed by atoms with E-state index in [0.717, 1.165) is 53.6 Å². The van der Waals surface area contributed by atoms with E-state index in [1.54, 1.807) is 0 Å². The van der Waals surface area contributed by atoms with Crippen molar-refractivity contribution in [2.24, 2.45) is 5.92 Å². The summed E-state index contributed by atoms with van der Waals surface area (Å²) < 4.78 is 7.86. The minimum atomic E-state index is -0.694. The molecule has 1 aliphatic heterocycles. The zero-order valence-corrected chi connectivity index (χ0v) is 19.9. The molecule has 34 heavy (non-hydrogen) atoms. The minimum Gasteiger partial charge on any atom is -0.481 e. The number of carboxylic acids is 1. The quantitative estimate of drug-likeness (QED) is 0.408. The highest BCUT2D eigenvalue weighted by Gasteiger charge is 2.25. The van der Waals surface area contributed by atoms with E-state index in [4.69, 9.17) is 4.52 Å². The Hall–Kier alpha value is -3.45. The Morgan fingerprint density at radius 1 is 1.21 bits per heavy atom. The molecule has 1 unspecified atom stereocenters. The third kappa shape index (κ3) is 4.35. The molecule has 1 fully saturated rings. The first-order chi connectivity index (χ1) is 16.4. The summed E-state index contributed by atoms with van der Waals surface area (Å²) in [6.07, 6.45) is 3.79. The topological polar surface area (TPSA) is 84.4 Å². The van der Waals surface area contributed by atoms with Crippen molar-refractivity contribution in [3.63, 3.8) is 0 Å². The van der Waals surface area contributed by atoms with Gasteiger partial charge in [-0.3, -0.25) is 9.69 Å². The van der Waals surface area contributed by atoms with Gasteiger partial charge in [0, 0.05) is 47.4 Å². The lowest BCUT2D eigenvalue weighted by Crippen LogP contribution is -2.38. The second kappa shape index (κ2) is 9.06. The average molecular weight is 459 g/mol. The first-order valence-electron chi connectivity index (χ1n) is 11.9. The van der Waals surface area contributed by atoms with Gasteiger partial charge in [0.05, 0.1) is 5.92 Å². The SMILES string of the molecule is Cc1cc(CN2CCCC(C(=O)O)C2)ccc1-c1noc(-c2ccc3c(ccn3C(C)C)c2)n1. The molecule has 7 heteroatoms. The fourth-order valence-electron chi connectivity index (χ4n) is 4.93. The molecule has 1 saturated heterocycles. The maximum atomic E-state index is 11.4. The molecule has 176 valence electrons. The van der Waals surface area contributed by atoms with Crippen LogP contribution in [0.5, 0.6) is 0 Å². The maximum absolute atomic E-state index is 11.4. The largest absolute Gasteiger partial charge is 0.481 e. The molecule has 3 heterocycles. The van der Waals surface area contributed by atoms with E-state index >= 15 is 0 Å². The number of nitrogens with zero attached hydrogens (tertiary/aromatic N) is 4. The second-order valence-electron chi connectivity index (χ2n) is 9.58. The van der Waals surface area contributed by atoms with Crippen LogP contribution < -0.4 is 0 Å². The molecule has 2 aromatic carbocycles. The number of fused-ring (bicyclic) bond motifs is 1. The molecule has 2 aromatic heterocycles. The zero-order chi connectivity index (χ0) is 23.8. The fourth-order valence-corrected chi connectivity index (χ4v) is 4.93. The van der Waals surface area contributed by atoms with Gasteiger partial charge in [0.2, 0.25) is 5.82 Å². The van der Waals surface area contributed by atoms with E-state index in [-0.39, 0.29) is 5.92 Å². The van der Waals surface area contributed by atoms with E-state index in [2.05, 4.69) is 70.0 Å². The summed E-state index contributed by atoms with van der Waals surface area (Å²) in [5.74, 6) is 0.115. The average Bonchev–Trinajstić information content (AvgIpc) is 3.46. The molecule has 1 atom stereocenters. The van der Waals surface area contributed by atoms with E-state index in [9.17, 15) is 9.90 Å². The molecule has 0 aliphatic carbocycles. The van der Waals surface area contributed by atoms with Gasteiger partial charge in [-0.15, -0.1) is 0 Å². The van der Waals surface area contributed by atoms with Crippen LogP contribution in [-0.4, -0.2) is 43.8 Å². The zero-order valence-electron chi connectivity index (χ0n) is 19.9. The highest BCUT2D eigenvalue weighted by molar-refractivity contribution is 5.84. The summed E-state index contributed by atoms with van der Waals surface area (Å²) in [4.78, 5) is 18.3. The molecular formula is C27H30N4O3. The Kier molecular flexibility index (Phi) is 5.96. The van der Waals surface area contributed by atoms with Gasteiger partial charge < -0.3 is 14.2 Å². The van der Waals surface area contributed by atoms with Crippen LogP contribution in [0.3, 0.4) is 0 Å². The van der Waals surface area contributed by atoms with Crippen LogP contribution in [0.25, 0.3) is 33.7 Å². The molecule has 0 saturated carbocycles. The smallest absolute Gasteiger partial charge is 0.307 e. The summed E-state index contributed by atoms with van der Waals surface area (Å²) in [5, 5.41) is 14.7. The van der Waals surface area contributed by atoms with Gasteiger partial charge in [-0.2, -0.15) is 4.98 Å². The van der Waals surface area contributed by atoms with Crippen LogP contribution in [-0.2, 0) is 11.3 Å². The van der Waals surface area contributed by atoms with Crippen molar-refractivity contribution in [1.29, 1.82) is 0 Å². The van der Waals surface area contributed by atoms with Crippen molar-refractivity contribution >= 4 is 16.9 Å². The van der Waals surface area contributed by atoms with Crippen molar-refractivity contribution in [3.8, 4) is 22.8 Å². The Balaban J connectivity index is 1.34. The lowest BCUT2D eigenvalue weighted by molar-refractivity contribution is -0.143. The van der Waals surface area contributed by atoms with Crippen molar-refractivity contribution in [2.75, 3.05) is 13.1 Å². The number of aromatic nitrogens is 3. The second-order valence-corrected chi connectivity index (χ2v) is 9.58. The molecule has 7 nitrogen and oxygen atoms in total. The van der Waals surface area contributed by atoms with Gasteiger partial charge in [0.1, 0.15) is 0 Å². The van der Waals surface area contributed by atoms with Gasteiger partial charge in [-0.25, -0.2) is 0 Å². The molecular weight excluding hydrogens is 428 g/mol. The Morgan fingerprint density at radius 3 is 2.82 bits per heavy atom. The van der Waals surface area contributed by atoms with E-state index < -0.39 is 5.97 Å². The van der Waals surface area contributed by atoms with Gasteiger partial charge in [0.25, 0.3) is 5.89 Å². The van der Waals surface area contributed by atoms with Crippen LogP contribution in [0.15, 0.2) is 53.2 Å². The highest BCUT2D eigenvalue weighted by Crippen LogP contribution is 2.29. The van der Waals surface area contributed by atoms with Crippen molar-refractivity contribution in [1.82, 2.24) is 19.6 Å². The normalized spacial score (nSPS) is 17.0. The number of hydrogen-bond donors (Lipinski definition) is 1. The highest BCUT2D eigenvalue weighted by atomic mass is 16.5. The molecule has 4 aromatic rings. The molecule has 1 aliphatic rings. The molecule has 0 spiro atoms. The lowest BCUT2D eigenvalue weighted by atomic mass is 9.97. The molecule has 1 N–H and O–H groups in total. The van der Waals surface area contributed by atoms with Crippen LogP contribution in [0.4, 0.5) is 0 Å². The molecule has 0 bridgehead atoms. The van der Waals surface area contributed by atoms with Crippen LogP contribution in [0, 0.1) is 12.8 Å². The number of rotatable bonds is 6. The van der Waals surface area contributed by atoms with E-state index in [1.165, 1.54) is 5.52 Å². The number of carbonyl (C=O) groups is 1. The number of hydrogen-bond acceptors (Lipinski definition) is 5. The van der Waals surface area contributed by atoms with Gasteiger partial charge in [-0.05, 0) is 75.5 Å². The molecule has 0 amide bonds. The summed E-state index contributed by atoms with van der Waals surface area (Å²) in [7, 11) is 0. The molecule has 5 rings (SSSR count). The van der Waals surface area contributed by atoms with Gasteiger partial charge in [0.15, 0.2) is 0 Å². The number of benzene rings is 2. The van der Waals surface area contributed by atoms with Gasteiger partial charge >= 0.3 is 5.97 Å². The van der Waals surface area contributed by atoms with Crippen molar-refractivity contribution in [2.45, 2.75) is 46.2 Å². The van der Waals surface area contributed by atoms with Crippen LogP contribution in [0.2, 0.25) is 0 Å². The maximum Gasteiger partial charge on any atom is 0.307 e. The number of aryl methyl sites for hydroxylation is 1. The van der Waals surface area contributed by atoms with Crippen LogP contribution >= 0.6 is 0 Å². The number of carboxylic acid groups (broad SMARTS) is 1. The predicted molar refractivity (Wildman–Crippen MR) is 131 cm³/mol. The lowest BCUT2D eigenvalue weighted by Gasteiger charge is -2.30. The summed E-state index contributed by atoms with van der Waals surface area (Å²) in [6.45, 7) is 8.68. The number of aliphatic carboxylic acids is 1. The van der Waals surface area contributed by atoms with Crippen molar-refractivity contribution < 1.29 is 14.4 Å². The van der Waals surface area contributed by atoms with Gasteiger partial charge in [-0.1, -0.05) is 23.4 Å². The number of likely N-dealkylation sites (tertiary alicyclic amines) is 1. The first kappa shape index (κ1) is 22.3. The third-order valence-electron chi connectivity index (χ3n) is 6.74. The molecule has 0 radical (unpaired) electrons. The summed E-state index contributed by atoms with van der Waals surface area (Å²) in [6, 6.07) is 15.0. The fraction of sp³-hybridized carbons (Fsp3) is 0.370. The summed E-state index contributed by atoms with van der Waals surface area (Å²) in [5.41, 5.74) is 5.26. The van der Waals surface area contributed by atoms with Crippen LogP contribution in [0.1, 0.15) is 43.9 Å². The predicted octanol–water partition coefficient (Wildman–Crippen LogP) is 5.54. The van der Waals surface area contributed by atoms with E-state index in [1.807, 2.05) is 19.1 Å². The standard InChI is InChI=1S/C27H30N4O3/c1-17(2)31-12-10-20-14-21(7-9-24(20)31)26-28-25(29-34-26)23-8-6-19(13-18(23)3)15-30-11-4-5-22(16-30)27(32)33/h6-10,12-14,17,22H,4-5,11,15-16H2,1-3H3,(H,32,33). The Labute approximate surface area is 199 Å². The first-order valence-corrected chi connectivity index (χ1v) is 11.9.